The smallest absolute Gasteiger partial charge is 0.269 e. The summed E-state index contributed by atoms with van der Waals surface area (Å²) < 4.78 is 0. The highest BCUT2D eigenvalue weighted by atomic mass is 35.5. The summed E-state index contributed by atoms with van der Waals surface area (Å²) in [6.45, 7) is 0.0945. The first-order valence-corrected chi connectivity index (χ1v) is 5.80. The standard InChI is InChI=1S/C9H10ClNO3S/c10-9-2-1-8(11(13)14)5-7(9)6-15-4-3-12/h1-2,5,12H,3-4,6H2. The summed E-state index contributed by atoms with van der Waals surface area (Å²) in [5.41, 5.74) is 0.767. The summed E-state index contributed by atoms with van der Waals surface area (Å²) in [6.07, 6.45) is 0. The third kappa shape index (κ3) is 3.70. The Kier molecular flexibility index (Phi) is 4.87. The van der Waals surface area contributed by atoms with Crippen molar-refractivity contribution in [2.24, 2.45) is 0 Å². The van der Waals surface area contributed by atoms with Crippen LogP contribution in [0.2, 0.25) is 5.02 Å². The van der Waals surface area contributed by atoms with Crippen molar-refractivity contribution in [3.05, 3.63) is 38.9 Å². The molecule has 0 unspecified atom stereocenters. The molecule has 15 heavy (non-hydrogen) atoms. The van der Waals surface area contributed by atoms with E-state index >= 15 is 0 Å². The highest BCUT2D eigenvalue weighted by molar-refractivity contribution is 7.98. The van der Waals surface area contributed by atoms with Gasteiger partial charge in [-0.1, -0.05) is 11.6 Å². The van der Waals surface area contributed by atoms with E-state index in [0.29, 0.717) is 16.5 Å². The summed E-state index contributed by atoms with van der Waals surface area (Å²) in [5, 5.41) is 19.6. The van der Waals surface area contributed by atoms with Gasteiger partial charge in [0.25, 0.3) is 5.69 Å². The van der Waals surface area contributed by atoms with Crippen LogP contribution in [-0.2, 0) is 5.75 Å². The fourth-order valence-corrected chi connectivity index (χ4v) is 2.03. The third-order valence-corrected chi connectivity index (χ3v) is 3.09. The molecule has 0 amide bonds. The number of hydrogen-bond donors (Lipinski definition) is 1. The lowest BCUT2D eigenvalue weighted by Crippen LogP contribution is -1.92. The molecule has 0 aromatic heterocycles. The first kappa shape index (κ1) is 12.3. The third-order valence-electron chi connectivity index (χ3n) is 1.73. The number of aliphatic hydroxyl groups is 1. The van der Waals surface area contributed by atoms with Crippen LogP contribution in [0.1, 0.15) is 5.56 Å². The molecule has 1 aromatic carbocycles. The number of halogens is 1. The van der Waals surface area contributed by atoms with Gasteiger partial charge < -0.3 is 5.11 Å². The van der Waals surface area contributed by atoms with Crippen LogP contribution in [0, 0.1) is 10.1 Å². The van der Waals surface area contributed by atoms with Crippen molar-refractivity contribution < 1.29 is 10.0 Å². The Hall–Kier alpha value is -0.780. The van der Waals surface area contributed by atoms with Gasteiger partial charge in [-0.25, -0.2) is 0 Å². The van der Waals surface area contributed by atoms with Crippen LogP contribution in [0.25, 0.3) is 0 Å². The lowest BCUT2D eigenvalue weighted by atomic mass is 10.2. The van der Waals surface area contributed by atoms with Gasteiger partial charge in [-0.05, 0) is 11.6 Å². The average Bonchev–Trinajstić information content (AvgIpc) is 2.20. The molecule has 0 atom stereocenters. The van der Waals surface area contributed by atoms with E-state index in [1.165, 1.54) is 30.0 Å². The summed E-state index contributed by atoms with van der Waals surface area (Å²) in [5.74, 6) is 1.17. The van der Waals surface area contributed by atoms with Crippen molar-refractivity contribution in [1.82, 2.24) is 0 Å². The Bertz CT molecular complexity index is 359. The largest absolute Gasteiger partial charge is 0.396 e. The highest BCUT2D eigenvalue weighted by Gasteiger charge is 2.09. The predicted octanol–water partition coefficient (Wildman–Crippen LogP) is 2.47. The van der Waals surface area contributed by atoms with Crippen molar-refractivity contribution in [3.63, 3.8) is 0 Å². The number of non-ortho nitro benzene ring substituents is 1. The van der Waals surface area contributed by atoms with E-state index in [1.807, 2.05) is 0 Å². The van der Waals surface area contributed by atoms with Crippen LogP contribution in [0.5, 0.6) is 0 Å². The van der Waals surface area contributed by atoms with Crippen LogP contribution in [0.15, 0.2) is 18.2 Å². The Morgan fingerprint density at radius 2 is 2.27 bits per heavy atom. The van der Waals surface area contributed by atoms with Crippen molar-refractivity contribution in [1.29, 1.82) is 0 Å². The fourth-order valence-electron chi connectivity index (χ4n) is 1.03. The second-order valence-electron chi connectivity index (χ2n) is 2.81. The molecule has 4 nitrogen and oxygen atoms in total. The number of benzene rings is 1. The average molecular weight is 248 g/mol. The zero-order valence-corrected chi connectivity index (χ0v) is 9.42. The number of thioether (sulfide) groups is 1. The summed E-state index contributed by atoms with van der Waals surface area (Å²) in [6, 6.07) is 4.36. The Labute approximate surface area is 96.4 Å². The quantitative estimate of drug-likeness (QED) is 0.493. The predicted molar refractivity (Wildman–Crippen MR) is 61.4 cm³/mol. The molecule has 0 aliphatic heterocycles. The first-order valence-electron chi connectivity index (χ1n) is 4.26. The van der Waals surface area contributed by atoms with Gasteiger partial charge in [-0.3, -0.25) is 10.1 Å². The van der Waals surface area contributed by atoms with Crippen molar-refractivity contribution >= 4 is 29.1 Å². The van der Waals surface area contributed by atoms with Crippen LogP contribution < -0.4 is 0 Å². The molecule has 0 bridgehead atoms. The van der Waals surface area contributed by atoms with Crippen molar-refractivity contribution in [2.45, 2.75) is 5.75 Å². The molecular formula is C9H10ClNO3S. The molecule has 6 heteroatoms. The topological polar surface area (TPSA) is 63.4 Å². The van der Waals surface area contributed by atoms with Gasteiger partial charge in [0, 0.05) is 28.7 Å². The van der Waals surface area contributed by atoms with E-state index in [2.05, 4.69) is 0 Å². The minimum absolute atomic E-state index is 0.0407. The maximum atomic E-state index is 10.5. The van der Waals surface area contributed by atoms with Gasteiger partial charge in [-0.2, -0.15) is 11.8 Å². The summed E-state index contributed by atoms with van der Waals surface area (Å²) in [7, 11) is 0. The second-order valence-corrected chi connectivity index (χ2v) is 4.32. The van der Waals surface area contributed by atoms with Gasteiger partial charge in [-0.15, -0.1) is 0 Å². The minimum atomic E-state index is -0.448. The zero-order chi connectivity index (χ0) is 11.3. The molecule has 1 rings (SSSR count). The van der Waals surface area contributed by atoms with Crippen LogP contribution in [-0.4, -0.2) is 22.4 Å². The molecule has 0 saturated carbocycles. The number of hydrogen-bond acceptors (Lipinski definition) is 4. The second kappa shape index (κ2) is 5.95. The minimum Gasteiger partial charge on any atom is -0.396 e. The lowest BCUT2D eigenvalue weighted by Gasteiger charge is -2.03. The fraction of sp³-hybridized carbons (Fsp3) is 0.333. The van der Waals surface area contributed by atoms with Gasteiger partial charge >= 0.3 is 0 Å². The number of aliphatic hydroxyl groups excluding tert-OH is 1. The van der Waals surface area contributed by atoms with Crippen LogP contribution >= 0.6 is 23.4 Å². The molecule has 1 N–H and O–H groups in total. The molecule has 1 aromatic rings. The maximum Gasteiger partial charge on any atom is 0.269 e. The van der Waals surface area contributed by atoms with Crippen LogP contribution in [0.4, 0.5) is 5.69 Å². The summed E-state index contributed by atoms with van der Waals surface area (Å²) in [4.78, 5) is 10.1. The Morgan fingerprint density at radius 1 is 1.53 bits per heavy atom. The van der Waals surface area contributed by atoms with Crippen molar-refractivity contribution in [2.75, 3.05) is 12.4 Å². The zero-order valence-electron chi connectivity index (χ0n) is 7.85. The molecule has 0 saturated heterocycles. The van der Waals surface area contributed by atoms with Crippen LogP contribution in [0.3, 0.4) is 0 Å². The normalized spacial score (nSPS) is 10.3. The van der Waals surface area contributed by atoms with E-state index in [-0.39, 0.29) is 12.3 Å². The molecule has 82 valence electrons. The van der Waals surface area contributed by atoms with Gasteiger partial charge in [0.05, 0.1) is 11.5 Å². The molecule has 0 fully saturated rings. The Morgan fingerprint density at radius 3 is 2.87 bits per heavy atom. The van der Waals surface area contributed by atoms with E-state index in [0.717, 1.165) is 5.56 Å². The number of nitro benzene ring substituents is 1. The van der Waals surface area contributed by atoms with Gasteiger partial charge in [0.1, 0.15) is 0 Å². The van der Waals surface area contributed by atoms with E-state index < -0.39 is 4.92 Å². The van der Waals surface area contributed by atoms with Crippen molar-refractivity contribution in [3.8, 4) is 0 Å². The molecule has 0 aliphatic carbocycles. The summed E-state index contributed by atoms with van der Waals surface area (Å²) >= 11 is 7.37. The number of nitro groups is 1. The van der Waals surface area contributed by atoms with E-state index in [4.69, 9.17) is 16.7 Å². The lowest BCUT2D eigenvalue weighted by molar-refractivity contribution is -0.384. The van der Waals surface area contributed by atoms with E-state index in [9.17, 15) is 10.1 Å². The first-order chi connectivity index (χ1) is 7.15. The molecule has 0 heterocycles. The molecule has 0 aliphatic rings. The van der Waals surface area contributed by atoms with E-state index in [1.54, 1.807) is 0 Å². The monoisotopic (exact) mass is 247 g/mol. The molecular weight excluding hydrogens is 238 g/mol. The SMILES string of the molecule is O=[N+]([O-])c1ccc(Cl)c(CSCCO)c1. The number of nitrogens with zero attached hydrogens (tertiary/aromatic N) is 1. The molecule has 0 spiro atoms. The highest BCUT2D eigenvalue weighted by Crippen LogP contribution is 2.25. The van der Waals surface area contributed by atoms with Gasteiger partial charge in [0.15, 0.2) is 0 Å². The maximum absolute atomic E-state index is 10.5. The Balaban J connectivity index is 2.76. The molecule has 0 radical (unpaired) electrons. The van der Waals surface area contributed by atoms with Gasteiger partial charge in [0.2, 0.25) is 0 Å². The number of rotatable bonds is 5.